The molecular formula is C14H15F3O. The Labute approximate surface area is 104 Å². The SMILES string of the molecule is O=Cc1ccc(C2CCCCC2)c(C(F)(F)F)c1. The van der Waals surface area contributed by atoms with Crippen molar-refractivity contribution >= 4 is 6.29 Å². The largest absolute Gasteiger partial charge is 0.416 e. The number of benzene rings is 1. The molecule has 98 valence electrons. The van der Waals surface area contributed by atoms with Crippen LogP contribution in [0.5, 0.6) is 0 Å². The average Bonchev–Trinajstić information content (AvgIpc) is 2.38. The van der Waals surface area contributed by atoms with Gasteiger partial charge in [0, 0.05) is 5.56 Å². The number of rotatable bonds is 2. The number of hydrogen-bond acceptors (Lipinski definition) is 1. The molecule has 0 amide bonds. The van der Waals surface area contributed by atoms with Gasteiger partial charge in [0.25, 0.3) is 0 Å². The average molecular weight is 256 g/mol. The van der Waals surface area contributed by atoms with E-state index >= 15 is 0 Å². The van der Waals surface area contributed by atoms with Gasteiger partial charge in [-0.2, -0.15) is 13.2 Å². The van der Waals surface area contributed by atoms with Gasteiger partial charge < -0.3 is 0 Å². The van der Waals surface area contributed by atoms with E-state index in [1.165, 1.54) is 12.1 Å². The Bertz CT molecular complexity index is 431. The lowest BCUT2D eigenvalue weighted by atomic mass is 9.81. The second-order valence-corrected chi connectivity index (χ2v) is 4.80. The summed E-state index contributed by atoms with van der Waals surface area (Å²) in [5.74, 6) is -0.0175. The van der Waals surface area contributed by atoms with Gasteiger partial charge in [0.1, 0.15) is 6.29 Å². The van der Waals surface area contributed by atoms with Crippen molar-refractivity contribution in [3.63, 3.8) is 0 Å². The zero-order valence-electron chi connectivity index (χ0n) is 9.96. The molecule has 1 aromatic carbocycles. The molecule has 0 N–H and O–H groups in total. The van der Waals surface area contributed by atoms with Gasteiger partial charge >= 0.3 is 6.18 Å². The Kier molecular flexibility index (Phi) is 3.73. The molecular weight excluding hydrogens is 241 g/mol. The molecule has 1 fully saturated rings. The maximum atomic E-state index is 13.0. The highest BCUT2D eigenvalue weighted by atomic mass is 19.4. The topological polar surface area (TPSA) is 17.1 Å². The fourth-order valence-corrected chi connectivity index (χ4v) is 2.66. The molecule has 0 bridgehead atoms. The highest BCUT2D eigenvalue weighted by Crippen LogP contribution is 2.40. The van der Waals surface area contributed by atoms with E-state index in [0.717, 1.165) is 38.2 Å². The molecule has 4 heteroatoms. The van der Waals surface area contributed by atoms with Crippen molar-refractivity contribution in [2.24, 2.45) is 0 Å². The van der Waals surface area contributed by atoms with Crippen molar-refractivity contribution in [1.29, 1.82) is 0 Å². The number of carbonyl (C=O) groups excluding carboxylic acids is 1. The van der Waals surface area contributed by atoms with Crippen LogP contribution < -0.4 is 0 Å². The van der Waals surface area contributed by atoms with Crippen LogP contribution in [0.3, 0.4) is 0 Å². The smallest absolute Gasteiger partial charge is 0.298 e. The van der Waals surface area contributed by atoms with E-state index in [1.807, 2.05) is 0 Å². The highest BCUT2D eigenvalue weighted by Gasteiger charge is 2.35. The third-order valence-corrected chi connectivity index (χ3v) is 3.56. The van der Waals surface area contributed by atoms with Gasteiger partial charge in [-0.15, -0.1) is 0 Å². The van der Waals surface area contributed by atoms with Crippen molar-refractivity contribution in [2.75, 3.05) is 0 Å². The summed E-state index contributed by atoms with van der Waals surface area (Å²) in [7, 11) is 0. The normalized spacial score (nSPS) is 17.7. The van der Waals surface area contributed by atoms with Crippen LogP contribution in [0.1, 0.15) is 59.5 Å². The summed E-state index contributed by atoms with van der Waals surface area (Å²) in [5, 5.41) is 0. The second kappa shape index (κ2) is 5.12. The van der Waals surface area contributed by atoms with Crippen LogP contribution in [0.15, 0.2) is 18.2 Å². The molecule has 0 saturated heterocycles. The maximum Gasteiger partial charge on any atom is 0.416 e. The van der Waals surface area contributed by atoms with Crippen LogP contribution in [0.25, 0.3) is 0 Å². The van der Waals surface area contributed by atoms with Gasteiger partial charge in [-0.1, -0.05) is 31.4 Å². The minimum atomic E-state index is -4.38. The molecule has 2 rings (SSSR count). The standard InChI is InChI=1S/C14H15F3O/c15-14(16,17)13-8-10(9-18)6-7-12(13)11-4-2-1-3-5-11/h6-9,11H,1-5H2. The summed E-state index contributed by atoms with van der Waals surface area (Å²) in [6.07, 6.45) is 0.762. The molecule has 0 heterocycles. The molecule has 0 atom stereocenters. The number of halogens is 3. The monoisotopic (exact) mass is 256 g/mol. The molecule has 0 unspecified atom stereocenters. The summed E-state index contributed by atoms with van der Waals surface area (Å²) in [6.45, 7) is 0. The lowest BCUT2D eigenvalue weighted by Crippen LogP contribution is -2.14. The lowest BCUT2D eigenvalue weighted by Gasteiger charge is -2.25. The molecule has 1 aliphatic carbocycles. The van der Waals surface area contributed by atoms with E-state index in [4.69, 9.17) is 0 Å². The van der Waals surface area contributed by atoms with Gasteiger partial charge in [-0.05, 0) is 30.4 Å². The first kappa shape index (κ1) is 13.1. The number of hydrogen-bond donors (Lipinski definition) is 0. The molecule has 0 aliphatic heterocycles. The molecule has 1 aliphatic rings. The zero-order valence-corrected chi connectivity index (χ0v) is 9.96. The highest BCUT2D eigenvalue weighted by molar-refractivity contribution is 5.75. The van der Waals surface area contributed by atoms with Crippen LogP contribution in [0.2, 0.25) is 0 Å². The molecule has 1 saturated carbocycles. The van der Waals surface area contributed by atoms with E-state index in [9.17, 15) is 18.0 Å². The van der Waals surface area contributed by atoms with Crippen molar-refractivity contribution in [3.8, 4) is 0 Å². The van der Waals surface area contributed by atoms with Crippen LogP contribution >= 0.6 is 0 Å². The minimum Gasteiger partial charge on any atom is -0.298 e. The summed E-state index contributed by atoms with van der Waals surface area (Å²) in [4.78, 5) is 10.6. The Balaban J connectivity index is 2.41. The third kappa shape index (κ3) is 2.74. The molecule has 18 heavy (non-hydrogen) atoms. The number of carbonyl (C=O) groups is 1. The second-order valence-electron chi connectivity index (χ2n) is 4.80. The minimum absolute atomic E-state index is 0.0175. The Morgan fingerprint density at radius 3 is 2.33 bits per heavy atom. The summed E-state index contributed by atoms with van der Waals surface area (Å²) in [6, 6.07) is 3.92. The van der Waals surface area contributed by atoms with Crippen molar-refractivity contribution in [3.05, 3.63) is 34.9 Å². The lowest BCUT2D eigenvalue weighted by molar-refractivity contribution is -0.138. The van der Waals surface area contributed by atoms with Crippen LogP contribution in [0.4, 0.5) is 13.2 Å². The third-order valence-electron chi connectivity index (χ3n) is 3.56. The Hall–Kier alpha value is -1.32. The number of aldehydes is 1. The van der Waals surface area contributed by atoms with E-state index in [0.29, 0.717) is 11.8 Å². The first-order valence-electron chi connectivity index (χ1n) is 6.18. The first-order valence-corrected chi connectivity index (χ1v) is 6.18. The molecule has 0 spiro atoms. The Morgan fingerprint density at radius 2 is 1.78 bits per heavy atom. The summed E-state index contributed by atoms with van der Waals surface area (Å²) >= 11 is 0. The number of alkyl halides is 3. The van der Waals surface area contributed by atoms with Gasteiger partial charge in [0.2, 0.25) is 0 Å². The fraction of sp³-hybridized carbons (Fsp3) is 0.500. The molecule has 0 aromatic heterocycles. The predicted molar refractivity (Wildman–Crippen MR) is 62.7 cm³/mol. The van der Waals surface area contributed by atoms with E-state index < -0.39 is 11.7 Å². The molecule has 1 aromatic rings. The zero-order chi connectivity index (χ0) is 13.2. The molecule has 1 nitrogen and oxygen atoms in total. The van der Waals surface area contributed by atoms with Gasteiger partial charge in [-0.3, -0.25) is 4.79 Å². The van der Waals surface area contributed by atoms with Crippen molar-refractivity contribution in [1.82, 2.24) is 0 Å². The Morgan fingerprint density at radius 1 is 1.11 bits per heavy atom. The van der Waals surface area contributed by atoms with E-state index in [2.05, 4.69) is 0 Å². The van der Waals surface area contributed by atoms with E-state index in [-0.39, 0.29) is 11.5 Å². The van der Waals surface area contributed by atoms with Crippen LogP contribution in [-0.4, -0.2) is 6.29 Å². The fourth-order valence-electron chi connectivity index (χ4n) is 2.66. The summed E-state index contributed by atoms with van der Waals surface area (Å²) in [5.41, 5.74) is -0.200. The van der Waals surface area contributed by atoms with Gasteiger partial charge in [-0.25, -0.2) is 0 Å². The maximum absolute atomic E-state index is 13.0. The van der Waals surface area contributed by atoms with Crippen LogP contribution in [-0.2, 0) is 6.18 Å². The van der Waals surface area contributed by atoms with Crippen molar-refractivity contribution < 1.29 is 18.0 Å². The van der Waals surface area contributed by atoms with E-state index in [1.54, 1.807) is 0 Å². The van der Waals surface area contributed by atoms with Crippen molar-refractivity contribution in [2.45, 2.75) is 44.2 Å². The molecule has 0 radical (unpaired) electrons. The quantitative estimate of drug-likeness (QED) is 0.708. The van der Waals surface area contributed by atoms with Gasteiger partial charge in [0.15, 0.2) is 0 Å². The van der Waals surface area contributed by atoms with Gasteiger partial charge in [0.05, 0.1) is 5.56 Å². The first-order chi connectivity index (χ1) is 8.52. The van der Waals surface area contributed by atoms with Crippen LogP contribution in [0, 0.1) is 0 Å². The predicted octanol–water partition coefficient (Wildman–Crippen LogP) is 4.57. The summed E-state index contributed by atoms with van der Waals surface area (Å²) < 4.78 is 39.0.